The van der Waals surface area contributed by atoms with E-state index in [1.54, 1.807) is 12.1 Å². The quantitative estimate of drug-likeness (QED) is 0.292. The number of methoxy groups -OCH3 is 3. The van der Waals surface area contributed by atoms with Crippen LogP contribution < -0.4 is 5.32 Å². The molecular weight excluding hydrogens is 433 g/mol. The molecule has 0 aromatic heterocycles. The molecule has 31 heavy (non-hydrogen) atoms. The van der Waals surface area contributed by atoms with E-state index in [9.17, 15) is 23.7 Å². The number of carbonyl (C=O) groups is 4. The molecule has 1 aromatic rings. The Hall–Kier alpha value is -2.75. The fourth-order valence-electron chi connectivity index (χ4n) is 2.62. The van der Waals surface area contributed by atoms with Crippen LogP contribution in [0.4, 0.5) is 0 Å². The van der Waals surface area contributed by atoms with Gasteiger partial charge in [0.05, 0.1) is 39.8 Å². The van der Waals surface area contributed by atoms with Crippen molar-refractivity contribution in [1.29, 1.82) is 0 Å². The highest BCUT2D eigenvalue weighted by atomic mass is 31.2. The van der Waals surface area contributed by atoms with Crippen molar-refractivity contribution in [3.05, 3.63) is 35.4 Å². The van der Waals surface area contributed by atoms with Gasteiger partial charge in [-0.1, -0.05) is 12.1 Å². The van der Waals surface area contributed by atoms with E-state index in [2.05, 4.69) is 19.5 Å². The van der Waals surface area contributed by atoms with Crippen LogP contribution in [0, 0.1) is 5.92 Å². The molecule has 172 valence electrons. The molecule has 0 saturated heterocycles. The predicted molar refractivity (Wildman–Crippen MR) is 107 cm³/mol. The molecule has 1 aromatic carbocycles. The van der Waals surface area contributed by atoms with Crippen molar-refractivity contribution >= 4 is 31.4 Å². The number of benzene rings is 1. The average Bonchev–Trinajstić information content (AvgIpc) is 2.80. The van der Waals surface area contributed by atoms with Gasteiger partial charge in [-0.25, -0.2) is 4.79 Å². The second-order valence-corrected chi connectivity index (χ2v) is 8.48. The Morgan fingerprint density at radius 2 is 1.42 bits per heavy atom. The molecule has 1 amide bonds. The Labute approximate surface area is 179 Å². The van der Waals surface area contributed by atoms with Crippen LogP contribution in [-0.2, 0) is 48.4 Å². The molecule has 1 rings (SSSR count). The Balaban J connectivity index is 3.08. The summed E-state index contributed by atoms with van der Waals surface area (Å²) in [5.74, 6) is -4.68. The van der Waals surface area contributed by atoms with Crippen LogP contribution in [0.1, 0.15) is 22.3 Å². The lowest BCUT2D eigenvalue weighted by Crippen LogP contribution is -2.50. The topological polar surface area (TPSA) is 144 Å². The van der Waals surface area contributed by atoms with E-state index < -0.39 is 49.8 Å². The largest absolute Gasteiger partial charge is 0.469 e. The lowest BCUT2D eigenvalue weighted by molar-refractivity contribution is -0.158. The summed E-state index contributed by atoms with van der Waals surface area (Å²) in [6, 6.07) is 4.45. The van der Waals surface area contributed by atoms with E-state index in [1.807, 2.05) is 0 Å². The van der Waals surface area contributed by atoms with Crippen LogP contribution in [0.2, 0.25) is 0 Å². The summed E-state index contributed by atoms with van der Waals surface area (Å²) in [5, 5.41) is 2.39. The maximum Gasteiger partial charge on any atom is 0.334 e. The maximum absolute atomic E-state index is 12.7. The number of amides is 1. The standard InChI is InChI=1S/C19H26NO10P/c1-26-15(21)10-14(18(23)27-2)16(19(24)28-3)20-17(22)13-8-6-12(7-9-13)11-31(25,29-4)30-5/h6-9,14,16H,10-11H2,1-5H3,(H,20,22)/t14-,16-/m1/s1. The van der Waals surface area contributed by atoms with Gasteiger partial charge in [-0.3, -0.25) is 18.9 Å². The molecule has 1 N–H and O–H groups in total. The monoisotopic (exact) mass is 459 g/mol. The third-order valence-electron chi connectivity index (χ3n) is 4.41. The predicted octanol–water partition coefficient (Wildman–Crippen LogP) is 1.30. The number of nitrogens with one attached hydrogen (secondary N) is 1. The SMILES string of the molecule is COC(=O)C[C@@H](C(=O)OC)[C@@H](NC(=O)c1ccc(CP(=O)(OC)OC)cc1)C(=O)OC. The van der Waals surface area contributed by atoms with Crippen LogP contribution in [0.3, 0.4) is 0 Å². The summed E-state index contributed by atoms with van der Waals surface area (Å²) >= 11 is 0. The van der Waals surface area contributed by atoms with Crippen LogP contribution in [-0.4, -0.2) is 65.4 Å². The third kappa shape index (κ3) is 7.46. The average molecular weight is 459 g/mol. The van der Waals surface area contributed by atoms with E-state index >= 15 is 0 Å². The Morgan fingerprint density at radius 1 is 0.871 bits per heavy atom. The lowest BCUT2D eigenvalue weighted by Gasteiger charge is -2.23. The molecule has 11 nitrogen and oxygen atoms in total. The fourth-order valence-corrected chi connectivity index (χ4v) is 3.68. The molecule has 0 bridgehead atoms. The minimum absolute atomic E-state index is 0.00374. The first-order chi connectivity index (χ1) is 14.6. The summed E-state index contributed by atoms with van der Waals surface area (Å²) in [5.41, 5.74) is 0.732. The van der Waals surface area contributed by atoms with Crippen molar-refractivity contribution in [3.63, 3.8) is 0 Å². The summed E-state index contributed by atoms with van der Waals surface area (Å²) < 4.78 is 35.8. The van der Waals surface area contributed by atoms with Crippen molar-refractivity contribution < 1.29 is 47.0 Å². The van der Waals surface area contributed by atoms with Crippen LogP contribution >= 0.6 is 7.60 Å². The minimum atomic E-state index is -3.28. The highest BCUT2D eigenvalue weighted by molar-refractivity contribution is 7.52. The van der Waals surface area contributed by atoms with Crippen molar-refractivity contribution in [2.45, 2.75) is 18.6 Å². The van der Waals surface area contributed by atoms with Gasteiger partial charge in [0, 0.05) is 19.8 Å². The van der Waals surface area contributed by atoms with Crippen molar-refractivity contribution in [1.82, 2.24) is 5.32 Å². The van der Waals surface area contributed by atoms with Crippen molar-refractivity contribution in [2.24, 2.45) is 5.92 Å². The minimum Gasteiger partial charge on any atom is -0.469 e. The van der Waals surface area contributed by atoms with Crippen LogP contribution in [0.25, 0.3) is 0 Å². The number of esters is 3. The number of hydrogen-bond acceptors (Lipinski definition) is 10. The van der Waals surface area contributed by atoms with Gasteiger partial charge < -0.3 is 28.6 Å². The van der Waals surface area contributed by atoms with Gasteiger partial charge in [0.25, 0.3) is 5.91 Å². The van der Waals surface area contributed by atoms with Crippen molar-refractivity contribution in [3.8, 4) is 0 Å². The van der Waals surface area contributed by atoms with Gasteiger partial charge in [0.2, 0.25) is 0 Å². The maximum atomic E-state index is 12.7. The number of carbonyl (C=O) groups excluding carboxylic acids is 4. The lowest BCUT2D eigenvalue weighted by atomic mass is 9.95. The van der Waals surface area contributed by atoms with Gasteiger partial charge in [0.1, 0.15) is 6.04 Å². The highest BCUT2D eigenvalue weighted by Crippen LogP contribution is 2.49. The van der Waals surface area contributed by atoms with Gasteiger partial charge in [0.15, 0.2) is 0 Å². The Morgan fingerprint density at radius 3 is 1.87 bits per heavy atom. The van der Waals surface area contributed by atoms with Gasteiger partial charge in [-0.2, -0.15) is 0 Å². The molecule has 0 unspecified atom stereocenters. The van der Waals surface area contributed by atoms with E-state index in [0.29, 0.717) is 5.56 Å². The third-order valence-corrected chi connectivity index (χ3v) is 6.28. The molecule has 0 aliphatic carbocycles. The smallest absolute Gasteiger partial charge is 0.334 e. The molecule has 0 aliphatic heterocycles. The number of hydrogen-bond donors (Lipinski definition) is 1. The first-order valence-corrected chi connectivity index (χ1v) is 10.7. The second-order valence-electron chi connectivity index (χ2n) is 6.22. The molecule has 0 fully saturated rings. The summed E-state index contributed by atoms with van der Waals surface area (Å²) in [7, 11) is 2.54. The fraction of sp³-hybridized carbons (Fsp3) is 0.474. The van der Waals surface area contributed by atoms with Crippen LogP contribution in [0.5, 0.6) is 0 Å². The highest BCUT2D eigenvalue weighted by Gasteiger charge is 2.38. The molecule has 0 aliphatic rings. The first-order valence-electron chi connectivity index (χ1n) is 8.97. The zero-order valence-corrected chi connectivity index (χ0v) is 18.8. The van der Waals surface area contributed by atoms with Crippen LogP contribution in [0.15, 0.2) is 24.3 Å². The van der Waals surface area contributed by atoms with Gasteiger partial charge >= 0.3 is 25.5 Å². The van der Waals surface area contributed by atoms with E-state index in [-0.39, 0.29) is 11.7 Å². The van der Waals surface area contributed by atoms with Gasteiger partial charge in [-0.15, -0.1) is 0 Å². The first kappa shape index (κ1) is 26.3. The van der Waals surface area contributed by atoms with Crippen molar-refractivity contribution in [2.75, 3.05) is 35.5 Å². The Bertz CT molecular complexity index is 831. The Kier molecular flexibility index (Phi) is 10.3. The zero-order valence-electron chi connectivity index (χ0n) is 17.9. The van der Waals surface area contributed by atoms with E-state index in [1.165, 1.54) is 26.4 Å². The van der Waals surface area contributed by atoms with Gasteiger partial charge in [-0.05, 0) is 17.7 Å². The van der Waals surface area contributed by atoms with E-state index in [4.69, 9.17) is 9.05 Å². The summed E-state index contributed by atoms with van der Waals surface area (Å²) in [4.78, 5) is 48.7. The summed E-state index contributed by atoms with van der Waals surface area (Å²) in [6.45, 7) is 0. The molecule has 0 radical (unpaired) electrons. The summed E-state index contributed by atoms with van der Waals surface area (Å²) in [6.07, 6.45) is -0.512. The zero-order chi connectivity index (χ0) is 23.6. The number of rotatable bonds is 11. The molecule has 0 heterocycles. The molecule has 0 saturated carbocycles. The number of ether oxygens (including phenoxy) is 3. The second kappa shape index (κ2) is 12.2. The molecular formula is C19H26NO10P. The normalized spacial score (nSPS) is 12.9. The van der Waals surface area contributed by atoms with E-state index in [0.717, 1.165) is 21.3 Å². The molecule has 12 heteroatoms. The molecule has 0 spiro atoms. The molecule has 2 atom stereocenters.